The zero-order valence-corrected chi connectivity index (χ0v) is 14.9. The van der Waals surface area contributed by atoms with Crippen molar-refractivity contribution in [2.24, 2.45) is 0 Å². The van der Waals surface area contributed by atoms with E-state index in [0.29, 0.717) is 26.2 Å². The molecule has 0 saturated carbocycles. The summed E-state index contributed by atoms with van der Waals surface area (Å²) >= 11 is 5.82. The molecule has 0 aliphatic carbocycles. The molecule has 0 aromatic heterocycles. The average Bonchev–Trinajstić information content (AvgIpc) is 2.46. The SMILES string of the molecule is Cl.Cl.Fc1ccc(F)c([C@H](CCC(F)(F)F)N2CCNCC2)c1Cl. The van der Waals surface area contributed by atoms with E-state index in [-0.39, 0.29) is 36.8 Å². The maximum atomic E-state index is 14.1. The van der Waals surface area contributed by atoms with Crippen LogP contribution in [-0.4, -0.2) is 37.3 Å². The van der Waals surface area contributed by atoms with Gasteiger partial charge in [0.25, 0.3) is 0 Å². The van der Waals surface area contributed by atoms with Crippen molar-refractivity contribution < 1.29 is 22.0 Å². The minimum atomic E-state index is -4.36. The van der Waals surface area contributed by atoms with E-state index in [1.54, 1.807) is 4.90 Å². The summed E-state index contributed by atoms with van der Waals surface area (Å²) in [6, 6.07) is 0.880. The molecule has 1 N–H and O–H groups in total. The van der Waals surface area contributed by atoms with Gasteiger partial charge in [-0.15, -0.1) is 24.8 Å². The van der Waals surface area contributed by atoms with Gasteiger partial charge in [-0.1, -0.05) is 11.6 Å². The number of hydrogen-bond donors (Lipinski definition) is 1. The van der Waals surface area contributed by atoms with Gasteiger partial charge in [-0.25, -0.2) is 8.78 Å². The van der Waals surface area contributed by atoms with Crippen molar-refractivity contribution in [3.8, 4) is 0 Å². The monoisotopic (exact) mass is 414 g/mol. The molecule has 1 aromatic rings. The maximum absolute atomic E-state index is 14.1. The summed E-state index contributed by atoms with van der Waals surface area (Å²) in [4.78, 5) is 1.71. The van der Waals surface area contributed by atoms with E-state index in [1.807, 2.05) is 0 Å². The minimum absolute atomic E-state index is 0. The van der Waals surface area contributed by atoms with E-state index in [9.17, 15) is 22.0 Å². The first-order valence-electron chi connectivity index (χ1n) is 6.94. The molecule has 0 spiro atoms. The smallest absolute Gasteiger partial charge is 0.314 e. The van der Waals surface area contributed by atoms with Crippen molar-refractivity contribution in [3.05, 3.63) is 34.4 Å². The van der Waals surface area contributed by atoms with Gasteiger partial charge in [0.15, 0.2) is 0 Å². The maximum Gasteiger partial charge on any atom is 0.389 e. The summed E-state index contributed by atoms with van der Waals surface area (Å²) in [6.07, 6.45) is -5.79. The molecule has 10 heteroatoms. The van der Waals surface area contributed by atoms with Crippen molar-refractivity contribution in [3.63, 3.8) is 0 Å². The van der Waals surface area contributed by atoms with Gasteiger partial charge in [-0.3, -0.25) is 4.90 Å². The van der Waals surface area contributed by atoms with Gasteiger partial charge in [0.05, 0.1) is 5.02 Å². The molecule has 140 valence electrons. The molecule has 1 atom stereocenters. The number of nitrogens with zero attached hydrogens (tertiary/aromatic N) is 1. The fourth-order valence-corrected chi connectivity index (χ4v) is 2.93. The van der Waals surface area contributed by atoms with E-state index in [0.717, 1.165) is 12.1 Å². The zero-order valence-electron chi connectivity index (χ0n) is 12.5. The predicted octanol–water partition coefficient (Wildman–Crippen LogP) is 4.75. The molecule has 24 heavy (non-hydrogen) atoms. The van der Waals surface area contributed by atoms with E-state index < -0.39 is 35.3 Å². The lowest BCUT2D eigenvalue weighted by molar-refractivity contribution is -0.138. The summed E-state index contributed by atoms with van der Waals surface area (Å²) in [6.45, 7) is 2.07. The Morgan fingerprint density at radius 3 is 2.17 bits per heavy atom. The molecule has 1 heterocycles. The van der Waals surface area contributed by atoms with E-state index in [1.165, 1.54) is 0 Å². The van der Waals surface area contributed by atoms with Crippen LogP contribution in [-0.2, 0) is 0 Å². The van der Waals surface area contributed by atoms with Gasteiger partial charge >= 0.3 is 6.18 Å². The quantitative estimate of drug-likeness (QED) is 0.564. The Bertz CT molecular complexity index is 522. The fourth-order valence-electron chi connectivity index (χ4n) is 2.65. The first-order valence-corrected chi connectivity index (χ1v) is 7.32. The van der Waals surface area contributed by atoms with Gasteiger partial charge in [-0.05, 0) is 18.6 Å². The van der Waals surface area contributed by atoms with Crippen LogP contribution in [0.25, 0.3) is 0 Å². The van der Waals surface area contributed by atoms with E-state index in [2.05, 4.69) is 5.32 Å². The molecular weight excluding hydrogens is 398 g/mol. The lowest BCUT2D eigenvalue weighted by atomic mass is 9.98. The molecule has 1 saturated heterocycles. The van der Waals surface area contributed by atoms with Crippen LogP contribution in [0.2, 0.25) is 5.02 Å². The van der Waals surface area contributed by atoms with Gasteiger partial charge in [-0.2, -0.15) is 13.2 Å². The third kappa shape index (κ3) is 6.19. The molecule has 0 bridgehead atoms. The second-order valence-corrected chi connectivity index (χ2v) is 5.59. The Hall–Kier alpha value is -0.340. The van der Waals surface area contributed by atoms with Gasteiger partial charge in [0.2, 0.25) is 0 Å². The molecule has 0 unspecified atom stereocenters. The number of benzene rings is 1. The topological polar surface area (TPSA) is 15.3 Å². The van der Waals surface area contributed by atoms with Crippen LogP contribution in [0.1, 0.15) is 24.4 Å². The molecule has 1 aromatic carbocycles. The highest BCUT2D eigenvalue weighted by molar-refractivity contribution is 6.31. The Balaban J connectivity index is 0.00000264. The Kier molecular flexibility index (Phi) is 9.83. The number of piperazine rings is 1. The Morgan fingerprint density at radius 1 is 1.08 bits per heavy atom. The molecule has 2 nitrogen and oxygen atoms in total. The zero-order chi connectivity index (χ0) is 16.3. The predicted molar refractivity (Wildman–Crippen MR) is 88.3 cm³/mol. The minimum Gasteiger partial charge on any atom is -0.314 e. The Morgan fingerprint density at radius 2 is 1.62 bits per heavy atom. The fraction of sp³-hybridized carbons (Fsp3) is 0.571. The van der Waals surface area contributed by atoms with Gasteiger partial charge in [0, 0.05) is 44.2 Å². The molecule has 0 radical (unpaired) electrons. The third-order valence-corrected chi connectivity index (χ3v) is 4.09. The molecule has 0 amide bonds. The summed E-state index contributed by atoms with van der Waals surface area (Å²) < 4.78 is 65.3. The molecule has 1 fully saturated rings. The summed E-state index contributed by atoms with van der Waals surface area (Å²) in [7, 11) is 0. The lowest BCUT2D eigenvalue weighted by Gasteiger charge is -2.36. The highest BCUT2D eigenvalue weighted by atomic mass is 35.5. The first-order chi connectivity index (χ1) is 10.3. The highest BCUT2D eigenvalue weighted by Crippen LogP contribution is 2.37. The Labute approximate surface area is 154 Å². The first kappa shape index (κ1) is 23.7. The van der Waals surface area contributed by atoms with Crippen molar-refractivity contribution in [2.75, 3.05) is 26.2 Å². The second-order valence-electron chi connectivity index (χ2n) is 5.21. The normalized spacial score (nSPS) is 16.9. The third-order valence-electron chi connectivity index (χ3n) is 3.71. The average molecular weight is 416 g/mol. The summed E-state index contributed by atoms with van der Waals surface area (Å²) in [5.41, 5.74) is -0.187. The molecule has 1 aliphatic rings. The molecule has 2 rings (SSSR count). The standard InChI is InChI=1S/C14H16ClF5N2.2ClH/c15-13-10(17)2-1-9(16)12(13)11(3-4-14(18,19)20)22-7-5-21-6-8-22;;/h1-2,11,21H,3-8H2;2*1H/t11-;;/m0../s1. The van der Waals surface area contributed by atoms with Crippen molar-refractivity contribution in [1.29, 1.82) is 0 Å². The van der Waals surface area contributed by atoms with E-state index >= 15 is 0 Å². The summed E-state index contributed by atoms with van der Waals surface area (Å²) in [5, 5.41) is 2.63. The number of rotatable bonds is 4. The summed E-state index contributed by atoms with van der Waals surface area (Å²) in [5.74, 6) is -1.61. The van der Waals surface area contributed by atoms with Crippen LogP contribution in [0.3, 0.4) is 0 Å². The van der Waals surface area contributed by atoms with Crippen molar-refractivity contribution >= 4 is 36.4 Å². The lowest BCUT2D eigenvalue weighted by Crippen LogP contribution is -2.45. The highest BCUT2D eigenvalue weighted by Gasteiger charge is 2.33. The second kappa shape index (κ2) is 9.97. The van der Waals surface area contributed by atoms with Crippen LogP contribution >= 0.6 is 36.4 Å². The number of hydrogen-bond acceptors (Lipinski definition) is 2. The van der Waals surface area contributed by atoms with Crippen LogP contribution < -0.4 is 5.32 Å². The molecular formula is C14H18Cl3F5N2. The number of alkyl halides is 3. The van der Waals surface area contributed by atoms with E-state index in [4.69, 9.17) is 11.6 Å². The van der Waals surface area contributed by atoms with Crippen LogP contribution in [0.4, 0.5) is 22.0 Å². The van der Waals surface area contributed by atoms with Crippen LogP contribution in [0.15, 0.2) is 12.1 Å². The largest absolute Gasteiger partial charge is 0.389 e. The van der Waals surface area contributed by atoms with Crippen molar-refractivity contribution in [1.82, 2.24) is 10.2 Å². The molecule has 1 aliphatic heterocycles. The van der Waals surface area contributed by atoms with Crippen molar-refractivity contribution in [2.45, 2.75) is 25.1 Å². The number of halogens is 8. The van der Waals surface area contributed by atoms with Gasteiger partial charge < -0.3 is 5.32 Å². The number of nitrogens with one attached hydrogen (secondary N) is 1. The van der Waals surface area contributed by atoms with Crippen LogP contribution in [0, 0.1) is 11.6 Å². The van der Waals surface area contributed by atoms with Gasteiger partial charge in [0.1, 0.15) is 11.6 Å². The van der Waals surface area contributed by atoms with Crippen LogP contribution in [0.5, 0.6) is 0 Å².